The van der Waals surface area contributed by atoms with Crippen molar-refractivity contribution >= 4 is 11.8 Å². The second-order valence-electron chi connectivity index (χ2n) is 7.76. The molecule has 0 bridgehead atoms. The van der Waals surface area contributed by atoms with Gasteiger partial charge in [0.25, 0.3) is 5.91 Å². The molecule has 2 aliphatic rings. The Bertz CT molecular complexity index is 891. The number of amides is 2. The summed E-state index contributed by atoms with van der Waals surface area (Å²) in [6.45, 7) is 4.93. The lowest BCUT2D eigenvalue weighted by Crippen LogP contribution is -2.39. The molecule has 2 amide bonds. The van der Waals surface area contributed by atoms with Gasteiger partial charge < -0.3 is 10.2 Å². The first kappa shape index (κ1) is 19.5. The van der Waals surface area contributed by atoms with Crippen molar-refractivity contribution in [3.05, 3.63) is 65.7 Å². The van der Waals surface area contributed by atoms with Crippen molar-refractivity contribution in [1.29, 1.82) is 0 Å². The lowest BCUT2D eigenvalue weighted by atomic mass is 9.89. The standard InChI is InChI=1S/C22H25FN4O2/c1-2-25-20(28)14-26-11-17-12-27(22(29)15-6-8-24-9-7-15)21(19(17)13-26)16-4-3-5-18(23)10-16/h3-10,17,19,21H,2,11-14H2,1H3,(H,25,28)/t17-,19-,21+/m0/s1. The number of benzene rings is 1. The van der Waals surface area contributed by atoms with Gasteiger partial charge in [-0.2, -0.15) is 0 Å². The summed E-state index contributed by atoms with van der Waals surface area (Å²) in [6, 6.07) is 9.72. The summed E-state index contributed by atoms with van der Waals surface area (Å²) in [7, 11) is 0. The SMILES string of the molecule is CCNC(=O)CN1C[C@H]2CN(C(=O)c3ccncc3)[C@H](c3cccc(F)c3)[C@H]2C1. The van der Waals surface area contributed by atoms with E-state index in [4.69, 9.17) is 0 Å². The summed E-state index contributed by atoms with van der Waals surface area (Å²) in [5, 5.41) is 2.84. The number of fused-ring (bicyclic) bond motifs is 1. The van der Waals surface area contributed by atoms with E-state index in [2.05, 4.69) is 15.2 Å². The monoisotopic (exact) mass is 396 g/mol. The Balaban J connectivity index is 1.60. The molecule has 3 heterocycles. The van der Waals surface area contributed by atoms with Gasteiger partial charge in [-0.1, -0.05) is 12.1 Å². The number of carbonyl (C=O) groups excluding carboxylic acids is 2. The van der Waals surface area contributed by atoms with Gasteiger partial charge in [-0.15, -0.1) is 0 Å². The van der Waals surface area contributed by atoms with Crippen molar-refractivity contribution in [3.63, 3.8) is 0 Å². The Morgan fingerprint density at radius 2 is 1.97 bits per heavy atom. The van der Waals surface area contributed by atoms with E-state index in [0.717, 1.165) is 12.1 Å². The van der Waals surface area contributed by atoms with Crippen LogP contribution in [-0.4, -0.2) is 59.3 Å². The Morgan fingerprint density at radius 3 is 2.69 bits per heavy atom. The van der Waals surface area contributed by atoms with Crippen LogP contribution in [0.25, 0.3) is 0 Å². The molecule has 0 saturated carbocycles. The number of hydrogen-bond acceptors (Lipinski definition) is 4. The second kappa shape index (κ2) is 8.29. The molecule has 2 fully saturated rings. The molecule has 2 saturated heterocycles. The first-order chi connectivity index (χ1) is 14.1. The normalized spacial score (nSPS) is 23.8. The maximum atomic E-state index is 14.0. The highest BCUT2D eigenvalue weighted by molar-refractivity contribution is 5.94. The molecule has 3 atom stereocenters. The Labute approximate surface area is 169 Å². The van der Waals surface area contributed by atoms with Gasteiger partial charge in [0, 0.05) is 50.1 Å². The molecule has 2 aromatic rings. The van der Waals surface area contributed by atoms with E-state index in [-0.39, 0.29) is 35.5 Å². The Morgan fingerprint density at radius 1 is 1.17 bits per heavy atom. The third-order valence-corrected chi connectivity index (χ3v) is 5.86. The minimum absolute atomic E-state index is 0.0134. The molecule has 0 aliphatic carbocycles. The molecule has 1 N–H and O–H groups in total. The smallest absolute Gasteiger partial charge is 0.254 e. The number of aromatic nitrogens is 1. The molecule has 4 rings (SSSR count). The molecule has 152 valence electrons. The number of hydrogen-bond donors (Lipinski definition) is 1. The largest absolute Gasteiger partial charge is 0.355 e. The average Bonchev–Trinajstić information content (AvgIpc) is 3.25. The molecule has 0 spiro atoms. The van der Waals surface area contributed by atoms with Gasteiger partial charge in [-0.05, 0) is 42.7 Å². The lowest BCUT2D eigenvalue weighted by molar-refractivity contribution is -0.122. The summed E-state index contributed by atoms with van der Waals surface area (Å²) in [5.74, 6) is 0.0609. The molecular formula is C22H25FN4O2. The molecule has 0 unspecified atom stereocenters. The Hall–Kier alpha value is -2.80. The van der Waals surface area contributed by atoms with E-state index in [1.165, 1.54) is 12.1 Å². The summed E-state index contributed by atoms with van der Waals surface area (Å²) in [4.78, 5) is 33.2. The average molecular weight is 396 g/mol. The lowest BCUT2D eigenvalue weighted by Gasteiger charge is -2.30. The number of likely N-dealkylation sites (N-methyl/N-ethyl adjacent to an activating group) is 1. The van der Waals surface area contributed by atoms with Crippen LogP contribution in [-0.2, 0) is 4.79 Å². The zero-order valence-electron chi connectivity index (χ0n) is 16.4. The topological polar surface area (TPSA) is 65.5 Å². The van der Waals surface area contributed by atoms with Crippen LogP contribution < -0.4 is 5.32 Å². The number of rotatable bonds is 5. The van der Waals surface area contributed by atoms with Crippen molar-refractivity contribution in [1.82, 2.24) is 20.1 Å². The highest BCUT2D eigenvalue weighted by atomic mass is 19.1. The van der Waals surface area contributed by atoms with Crippen LogP contribution in [0.15, 0.2) is 48.8 Å². The fourth-order valence-electron chi connectivity index (χ4n) is 4.71. The predicted octanol–water partition coefficient (Wildman–Crippen LogP) is 2.10. The molecule has 29 heavy (non-hydrogen) atoms. The quantitative estimate of drug-likeness (QED) is 0.841. The maximum Gasteiger partial charge on any atom is 0.254 e. The molecule has 2 aliphatic heterocycles. The first-order valence-electron chi connectivity index (χ1n) is 10.0. The fourth-order valence-corrected chi connectivity index (χ4v) is 4.71. The van der Waals surface area contributed by atoms with Gasteiger partial charge in [0.05, 0.1) is 12.6 Å². The van der Waals surface area contributed by atoms with Gasteiger partial charge in [0.15, 0.2) is 0 Å². The minimum Gasteiger partial charge on any atom is -0.355 e. The van der Waals surface area contributed by atoms with E-state index < -0.39 is 0 Å². The zero-order valence-corrected chi connectivity index (χ0v) is 16.4. The maximum absolute atomic E-state index is 14.0. The molecule has 0 radical (unpaired) electrons. The Kier molecular flexibility index (Phi) is 5.58. The van der Waals surface area contributed by atoms with Crippen LogP contribution in [0.1, 0.15) is 28.9 Å². The van der Waals surface area contributed by atoms with Crippen molar-refractivity contribution in [3.8, 4) is 0 Å². The van der Waals surface area contributed by atoms with Crippen LogP contribution in [0.3, 0.4) is 0 Å². The number of nitrogens with zero attached hydrogens (tertiary/aromatic N) is 3. The summed E-state index contributed by atoms with van der Waals surface area (Å²) >= 11 is 0. The highest BCUT2D eigenvalue weighted by Gasteiger charge is 2.49. The third-order valence-electron chi connectivity index (χ3n) is 5.86. The van der Waals surface area contributed by atoms with Crippen LogP contribution in [0.2, 0.25) is 0 Å². The zero-order chi connectivity index (χ0) is 20.4. The van der Waals surface area contributed by atoms with E-state index in [0.29, 0.717) is 31.7 Å². The van der Waals surface area contributed by atoms with Crippen molar-refractivity contribution in [2.24, 2.45) is 11.8 Å². The van der Waals surface area contributed by atoms with E-state index in [1.807, 2.05) is 17.9 Å². The summed E-state index contributed by atoms with van der Waals surface area (Å²) < 4.78 is 14.0. The van der Waals surface area contributed by atoms with Gasteiger partial charge in [0.2, 0.25) is 5.91 Å². The number of likely N-dealkylation sites (tertiary alicyclic amines) is 2. The highest BCUT2D eigenvalue weighted by Crippen LogP contribution is 2.45. The van der Waals surface area contributed by atoms with Gasteiger partial charge in [-0.25, -0.2) is 4.39 Å². The molecule has 6 nitrogen and oxygen atoms in total. The number of carbonyl (C=O) groups is 2. The van der Waals surface area contributed by atoms with Crippen LogP contribution in [0.4, 0.5) is 4.39 Å². The van der Waals surface area contributed by atoms with Gasteiger partial charge in [-0.3, -0.25) is 19.5 Å². The third kappa shape index (κ3) is 4.00. The summed E-state index contributed by atoms with van der Waals surface area (Å²) in [5.41, 5.74) is 1.39. The molecule has 1 aromatic carbocycles. The van der Waals surface area contributed by atoms with E-state index in [9.17, 15) is 14.0 Å². The summed E-state index contributed by atoms with van der Waals surface area (Å²) in [6.07, 6.45) is 3.21. The van der Waals surface area contributed by atoms with Crippen molar-refractivity contribution in [2.45, 2.75) is 13.0 Å². The molecular weight excluding hydrogens is 371 g/mol. The van der Waals surface area contributed by atoms with Crippen molar-refractivity contribution < 1.29 is 14.0 Å². The minimum atomic E-state index is -0.306. The van der Waals surface area contributed by atoms with Crippen molar-refractivity contribution in [2.75, 3.05) is 32.7 Å². The van der Waals surface area contributed by atoms with Gasteiger partial charge in [0.1, 0.15) is 5.82 Å². The second-order valence-corrected chi connectivity index (χ2v) is 7.76. The number of halogens is 1. The first-order valence-corrected chi connectivity index (χ1v) is 10.0. The number of pyridine rings is 1. The van der Waals surface area contributed by atoms with E-state index >= 15 is 0 Å². The van der Waals surface area contributed by atoms with Crippen LogP contribution in [0, 0.1) is 17.7 Å². The predicted molar refractivity (Wildman–Crippen MR) is 107 cm³/mol. The fraction of sp³-hybridized carbons (Fsp3) is 0.409. The van der Waals surface area contributed by atoms with Crippen LogP contribution in [0.5, 0.6) is 0 Å². The molecule has 7 heteroatoms. The van der Waals surface area contributed by atoms with E-state index in [1.54, 1.807) is 30.6 Å². The number of nitrogens with one attached hydrogen (secondary N) is 1. The molecule has 1 aromatic heterocycles. The van der Waals surface area contributed by atoms with Gasteiger partial charge >= 0.3 is 0 Å². The van der Waals surface area contributed by atoms with Crippen LogP contribution >= 0.6 is 0 Å².